The second-order valence-electron chi connectivity index (χ2n) is 8.03. The highest BCUT2D eigenvalue weighted by atomic mass is 16.5. The van der Waals surface area contributed by atoms with Crippen molar-refractivity contribution in [2.75, 3.05) is 7.11 Å². The van der Waals surface area contributed by atoms with Crippen LogP contribution < -0.4 is 4.74 Å². The lowest BCUT2D eigenvalue weighted by molar-refractivity contribution is 0.393. The van der Waals surface area contributed by atoms with Gasteiger partial charge in [-0.05, 0) is 55.0 Å². The summed E-state index contributed by atoms with van der Waals surface area (Å²) in [5, 5.41) is 8.75. The van der Waals surface area contributed by atoms with E-state index in [2.05, 4.69) is 75.4 Å². The SMILES string of the molecule is COc1cc2c3cnccc3n(-c3ccc4ccccc4c3)c2cc1-c1c(C)noc1C. The van der Waals surface area contributed by atoms with Crippen LogP contribution in [-0.2, 0) is 0 Å². The van der Waals surface area contributed by atoms with Gasteiger partial charge in [0.1, 0.15) is 11.5 Å². The molecule has 0 amide bonds. The number of rotatable bonds is 3. The fourth-order valence-electron chi connectivity index (χ4n) is 4.71. The number of hydrogen-bond donors (Lipinski definition) is 0. The van der Waals surface area contributed by atoms with Crippen molar-refractivity contribution in [3.63, 3.8) is 0 Å². The number of aromatic nitrogens is 3. The lowest BCUT2D eigenvalue weighted by Crippen LogP contribution is -1.95. The molecule has 0 saturated carbocycles. The van der Waals surface area contributed by atoms with Crippen LogP contribution in [0.2, 0.25) is 0 Å². The molecule has 6 aromatic rings. The average molecular weight is 419 g/mol. The lowest BCUT2D eigenvalue weighted by atomic mass is 10.0. The summed E-state index contributed by atoms with van der Waals surface area (Å²) in [5.74, 6) is 1.56. The van der Waals surface area contributed by atoms with E-state index in [1.807, 2.05) is 26.2 Å². The van der Waals surface area contributed by atoms with Crippen molar-refractivity contribution in [2.24, 2.45) is 0 Å². The Balaban J connectivity index is 1.74. The first-order valence-corrected chi connectivity index (χ1v) is 10.5. The monoisotopic (exact) mass is 419 g/mol. The Morgan fingerprint density at radius 1 is 0.875 bits per heavy atom. The number of aryl methyl sites for hydroxylation is 2. The van der Waals surface area contributed by atoms with Crippen molar-refractivity contribution in [1.82, 2.24) is 14.7 Å². The first-order valence-electron chi connectivity index (χ1n) is 10.5. The maximum Gasteiger partial charge on any atom is 0.141 e. The molecule has 3 aromatic heterocycles. The molecule has 0 atom stereocenters. The Bertz CT molecular complexity index is 1620. The molecule has 0 N–H and O–H groups in total. The number of pyridine rings is 1. The molecule has 5 heteroatoms. The van der Waals surface area contributed by atoms with E-state index >= 15 is 0 Å². The van der Waals surface area contributed by atoms with Crippen LogP contribution >= 0.6 is 0 Å². The second-order valence-corrected chi connectivity index (χ2v) is 8.03. The minimum absolute atomic E-state index is 0.773. The van der Waals surface area contributed by atoms with Gasteiger partial charge in [0.2, 0.25) is 0 Å². The number of nitrogens with zero attached hydrogens (tertiary/aromatic N) is 3. The molecule has 32 heavy (non-hydrogen) atoms. The van der Waals surface area contributed by atoms with Crippen LogP contribution in [-0.4, -0.2) is 21.8 Å². The van der Waals surface area contributed by atoms with E-state index in [1.165, 1.54) is 10.8 Å². The topological polar surface area (TPSA) is 53.1 Å². The summed E-state index contributed by atoms with van der Waals surface area (Å²) in [7, 11) is 1.70. The van der Waals surface area contributed by atoms with E-state index < -0.39 is 0 Å². The molecule has 3 heterocycles. The molecule has 0 fully saturated rings. The third kappa shape index (κ3) is 2.64. The van der Waals surface area contributed by atoms with Crippen molar-refractivity contribution in [2.45, 2.75) is 13.8 Å². The van der Waals surface area contributed by atoms with E-state index in [4.69, 9.17) is 9.26 Å². The number of fused-ring (bicyclic) bond motifs is 4. The molecule has 0 saturated heterocycles. The van der Waals surface area contributed by atoms with E-state index in [-0.39, 0.29) is 0 Å². The predicted octanol–water partition coefficient (Wildman–Crippen LogP) is 6.61. The highest BCUT2D eigenvalue weighted by molar-refractivity contribution is 6.11. The molecule has 156 valence electrons. The van der Waals surface area contributed by atoms with Gasteiger partial charge in [-0.3, -0.25) is 4.98 Å². The maximum atomic E-state index is 5.81. The first kappa shape index (κ1) is 18.6. The van der Waals surface area contributed by atoms with E-state index in [0.717, 1.165) is 55.8 Å². The fraction of sp³-hybridized carbons (Fsp3) is 0.111. The van der Waals surface area contributed by atoms with Gasteiger partial charge in [-0.1, -0.05) is 35.5 Å². The molecule has 0 bridgehead atoms. The largest absolute Gasteiger partial charge is 0.496 e. The highest BCUT2D eigenvalue weighted by Crippen LogP contribution is 2.41. The van der Waals surface area contributed by atoms with Gasteiger partial charge in [0.15, 0.2) is 0 Å². The molecular formula is C27H21N3O2. The molecule has 0 aliphatic heterocycles. The third-order valence-electron chi connectivity index (χ3n) is 6.18. The Kier molecular flexibility index (Phi) is 4.05. The van der Waals surface area contributed by atoms with Crippen LogP contribution in [0.15, 0.2) is 77.6 Å². The van der Waals surface area contributed by atoms with Crippen LogP contribution in [0.3, 0.4) is 0 Å². The molecular weight excluding hydrogens is 398 g/mol. The number of hydrogen-bond acceptors (Lipinski definition) is 4. The number of methoxy groups -OCH3 is 1. The van der Waals surface area contributed by atoms with Gasteiger partial charge in [0.25, 0.3) is 0 Å². The van der Waals surface area contributed by atoms with Gasteiger partial charge < -0.3 is 13.8 Å². The quantitative estimate of drug-likeness (QED) is 0.324. The molecule has 0 unspecified atom stereocenters. The zero-order valence-corrected chi connectivity index (χ0v) is 18.1. The third-order valence-corrected chi connectivity index (χ3v) is 6.18. The number of benzene rings is 3. The summed E-state index contributed by atoms with van der Waals surface area (Å²) < 4.78 is 13.6. The summed E-state index contributed by atoms with van der Waals surface area (Å²) in [5.41, 5.74) is 6.06. The zero-order valence-electron chi connectivity index (χ0n) is 18.1. The second kappa shape index (κ2) is 6.95. The fourth-order valence-corrected chi connectivity index (χ4v) is 4.71. The molecule has 0 aliphatic carbocycles. The average Bonchev–Trinajstić information content (AvgIpc) is 3.33. The molecule has 0 aliphatic rings. The number of ether oxygens (including phenoxy) is 1. The van der Waals surface area contributed by atoms with Crippen molar-refractivity contribution in [3.05, 3.63) is 84.5 Å². The van der Waals surface area contributed by atoms with Crippen LogP contribution in [0, 0.1) is 13.8 Å². The normalized spacial score (nSPS) is 11.6. The Hall–Kier alpha value is -4.12. The Labute approximate surface area is 184 Å². The smallest absolute Gasteiger partial charge is 0.141 e. The van der Waals surface area contributed by atoms with Crippen LogP contribution in [0.5, 0.6) is 5.75 Å². The minimum atomic E-state index is 0.773. The van der Waals surface area contributed by atoms with Gasteiger partial charge in [0.05, 0.1) is 29.4 Å². The van der Waals surface area contributed by atoms with Crippen molar-refractivity contribution >= 4 is 32.6 Å². The molecule has 0 radical (unpaired) electrons. The van der Waals surface area contributed by atoms with Crippen LogP contribution in [0.4, 0.5) is 0 Å². The maximum absolute atomic E-state index is 5.81. The van der Waals surface area contributed by atoms with Gasteiger partial charge in [-0.2, -0.15) is 0 Å². The zero-order chi connectivity index (χ0) is 21.8. The Morgan fingerprint density at radius 3 is 2.50 bits per heavy atom. The van der Waals surface area contributed by atoms with E-state index in [9.17, 15) is 0 Å². The molecule has 5 nitrogen and oxygen atoms in total. The lowest BCUT2D eigenvalue weighted by Gasteiger charge is -2.12. The van der Waals surface area contributed by atoms with Gasteiger partial charge in [-0.25, -0.2) is 0 Å². The van der Waals surface area contributed by atoms with E-state index in [1.54, 1.807) is 7.11 Å². The standard InChI is InChI=1S/C27H21N3O2/c1-16-27(17(2)32-29-16)22-13-25-21(14-26(22)31-3)23-15-28-11-10-24(23)30(25)20-9-8-18-6-4-5-7-19(18)12-20/h4-15H,1-3H3. The van der Waals surface area contributed by atoms with E-state index in [0.29, 0.717) is 0 Å². The van der Waals surface area contributed by atoms with Gasteiger partial charge in [-0.15, -0.1) is 0 Å². The molecule has 6 rings (SSSR count). The van der Waals surface area contributed by atoms with Gasteiger partial charge >= 0.3 is 0 Å². The summed E-state index contributed by atoms with van der Waals surface area (Å²) >= 11 is 0. The summed E-state index contributed by atoms with van der Waals surface area (Å²) in [6, 6.07) is 21.3. The highest BCUT2D eigenvalue weighted by Gasteiger charge is 2.21. The summed E-state index contributed by atoms with van der Waals surface area (Å²) in [6.45, 7) is 3.89. The first-order chi connectivity index (χ1) is 15.7. The molecule has 0 spiro atoms. The van der Waals surface area contributed by atoms with Crippen molar-refractivity contribution in [3.8, 4) is 22.6 Å². The van der Waals surface area contributed by atoms with Gasteiger partial charge in [0, 0.05) is 34.4 Å². The summed E-state index contributed by atoms with van der Waals surface area (Å²) in [4.78, 5) is 4.40. The van der Waals surface area contributed by atoms with Crippen LogP contribution in [0.25, 0.3) is 49.4 Å². The van der Waals surface area contributed by atoms with Crippen LogP contribution in [0.1, 0.15) is 11.5 Å². The van der Waals surface area contributed by atoms with Crippen molar-refractivity contribution < 1.29 is 9.26 Å². The van der Waals surface area contributed by atoms with Crippen molar-refractivity contribution in [1.29, 1.82) is 0 Å². The molecule has 3 aromatic carbocycles. The predicted molar refractivity (Wildman–Crippen MR) is 128 cm³/mol. The summed E-state index contributed by atoms with van der Waals surface area (Å²) in [6.07, 6.45) is 3.76. The Morgan fingerprint density at radius 2 is 1.72 bits per heavy atom. The minimum Gasteiger partial charge on any atom is -0.496 e.